The Morgan fingerprint density at radius 2 is 1.96 bits per heavy atom. The Morgan fingerprint density at radius 3 is 2.54 bits per heavy atom. The number of hydrogen-bond acceptors (Lipinski definition) is 2. The molecule has 0 radical (unpaired) electrons. The van der Waals surface area contributed by atoms with E-state index in [1.54, 1.807) is 7.11 Å². The predicted octanol–water partition coefficient (Wildman–Crippen LogP) is 5.73. The summed E-state index contributed by atoms with van der Waals surface area (Å²) >= 11 is 0. The summed E-state index contributed by atoms with van der Waals surface area (Å²) < 4.78 is 42.7. The van der Waals surface area contributed by atoms with Crippen molar-refractivity contribution in [3.05, 3.63) is 41.5 Å². The topological polar surface area (TPSA) is 12.5 Å². The minimum atomic E-state index is -4.07. The number of piperidine rings is 1. The summed E-state index contributed by atoms with van der Waals surface area (Å²) in [6.07, 6.45) is 0.0523. The highest BCUT2D eigenvalue weighted by molar-refractivity contribution is 5.39. The van der Waals surface area contributed by atoms with Crippen LogP contribution in [-0.4, -0.2) is 37.8 Å². The van der Waals surface area contributed by atoms with Gasteiger partial charge in [-0.25, -0.2) is 0 Å². The van der Waals surface area contributed by atoms with E-state index >= 15 is 0 Å². The molecule has 0 atom stereocenters. The van der Waals surface area contributed by atoms with Gasteiger partial charge in [0.05, 0.1) is 13.5 Å². The van der Waals surface area contributed by atoms with Crippen LogP contribution in [-0.2, 0) is 6.42 Å². The van der Waals surface area contributed by atoms with Crippen LogP contribution in [0.5, 0.6) is 5.75 Å². The number of halogens is 3. The number of allylic oxidation sites excluding steroid dienone is 1. The van der Waals surface area contributed by atoms with Gasteiger partial charge in [-0.15, -0.1) is 6.58 Å². The molecule has 0 bridgehead atoms. The maximum Gasteiger partial charge on any atom is 0.390 e. The maximum absolute atomic E-state index is 12.4. The average Bonchev–Trinajstić information content (AvgIpc) is 2.60. The zero-order valence-corrected chi connectivity index (χ0v) is 15.9. The van der Waals surface area contributed by atoms with Gasteiger partial charge in [0.1, 0.15) is 5.75 Å². The van der Waals surface area contributed by atoms with Crippen molar-refractivity contribution in [1.82, 2.24) is 4.90 Å². The molecule has 0 N–H and O–H groups in total. The van der Waals surface area contributed by atoms with Crippen LogP contribution in [0.15, 0.2) is 30.4 Å². The first-order valence-corrected chi connectivity index (χ1v) is 9.39. The Hall–Kier alpha value is -1.49. The van der Waals surface area contributed by atoms with E-state index in [0.29, 0.717) is 5.92 Å². The van der Waals surface area contributed by atoms with Gasteiger partial charge in [0, 0.05) is 6.54 Å². The van der Waals surface area contributed by atoms with Gasteiger partial charge in [-0.05, 0) is 75.2 Å². The molecule has 146 valence electrons. The molecular formula is C21H30F3NO. The lowest BCUT2D eigenvalue weighted by atomic mass is 9.88. The lowest BCUT2D eigenvalue weighted by molar-refractivity contribution is -0.138. The number of hydrogen-bond donors (Lipinski definition) is 0. The first kappa shape index (κ1) is 20.8. The third-order valence-electron chi connectivity index (χ3n) is 5.13. The Labute approximate surface area is 155 Å². The van der Waals surface area contributed by atoms with Crippen molar-refractivity contribution >= 4 is 0 Å². The van der Waals surface area contributed by atoms with E-state index in [-0.39, 0.29) is 6.54 Å². The summed E-state index contributed by atoms with van der Waals surface area (Å²) in [5.41, 5.74) is 3.64. The first-order valence-electron chi connectivity index (χ1n) is 9.39. The number of benzene rings is 1. The van der Waals surface area contributed by atoms with Crippen LogP contribution in [0.3, 0.4) is 0 Å². The minimum absolute atomic E-state index is 0.112. The molecule has 1 aromatic carbocycles. The van der Waals surface area contributed by atoms with Crippen molar-refractivity contribution < 1.29 is 17.9 Å². The molecule has 0 unspecified atom stereocenters. The van der Waals surface area contributed by atoms with Crippen molar-refractivity contribution in [2.45, 2.75) is 57.5 Å². The lowest BCUT2D eigenvalue weighted by Crippen LogP contribution is -2.35. The largest absolute Gasteiger partial charge is 0.496 e. The maximum atomic E-state index is 12.4. The van der Waals surface area contributed by atoms with Gasteiger partial charge in [0.2, 0.25) is 0 Å². The quantitative estimate of drug-likeness (QED) is 0.543. The molecule has 0 saturated carbocycles. The number of ether oxygens (including phenoxy) is 1. The summed E-state index contributed by atoms with van der Waals surface area (Å²) in [7, 11) is 1.70. The highest BCUT2D eigenvalue weighted by Crippen LogP contribution is 2.33. The lowest BCUT2D eigenvalue weighted by Gasteiger charge is -2.32. The Kier molecular flexibility index (Phi) is 7.56. The zero-order chi connectivity index (χ0) is 19.2. The van der Waals surface area contributed by atoms with E-state index in [0.717, 1.165) is 50.9 Å². The summed E-state index contributed by atoms with van der Waals surface area (Å²) in [6.45, 7) is 7.55. The second-order valence-electron chi connectivity index (χ2n) is 7.36. The van der Waals surface area contributed by atoms with Crippen LogP contribution in [0.2, 0.25) is 0 Å². The van der Waals surface area contributed by atoms with Crippen LogP contribution in [0.4, 0.5) is 13.2 Å². The number of rotatable bonds is 8. The molecule has 1 aliphatic rings. The second kappa shape index (κ2) is 9.45. The number of aryl methyl sites for hydroxylation is 1. The number of alkyl halides is 3. The molecule has 1 saturated heterocycles. The molecule has 1 fully saturated rings. The highest BCUT2D eigenvalue weighted by Gasteiger charge is 2.29. The monoisotopic (exact) mass is 369 g/mol. The molecule has 1 aliphatic heterocycles. The molecular weight excluding hydrogens is 339 g/mol. The highest BCUT2D eigenvalue weighted by atomic mass is 19.4. The summed E-state index contributed by atoms with van der Waals surface area (Å²) in [5, 5.41) is 0. The first-order chi connectivity index (χ1) is 12.3. The fourth-order valence-electron chi connectivity index (χ4n) is 3.58. The predicted molar refractivity (Wildman–Crippen MR) is 99.8 cm³/mol. The molecule has 1 heterocycles. The molecule has 0 spiro atoms. The van der Waals surface area contributed by atoms with Crippen LogP contribution >= 0.6 is 0 Å². The van der Waals surface area contributed by atoms with E-state index in [1.807, 2.05) is 11.8 Å². The normalized spacial score (nSPS) is 16.7. The SMILES string of the molecule is C=C(C)CCCc1ccc(C2CCN(CCC(F)(F)F)CC2)cc1OC. The summed E-state index contributed by atoms with van der Waals surface area (Å²) in [4.78, 5) is 1.92. The third-order valence-corrected chi connectivity index (χ3v) is 5.13. The van der Waals surface area contributed by atoms with E-state index in [2.05, 4.69) is 24.8 Å². The molecule has 2 nitrogen and oxygen atoms in total. The van der Waals surface area contributed by atoms with Gasteiger partial charge in [0.15, 0.2) is 0 Å². The van der Waals surface area contributed by atoms with Crippen LogP contribution in [0.25, 0.3) is 0 Å². The van der Waals surface area contributed by atoms with E-state index in [1.165, 1.54) is 16.7 Å². The summed E-state index contributed by atoms with van der Waals surface area (Å²) in [6, 6.07) is 6.42. The van der Waals surface area contributed by atoms with E-state index in [9.17, 15) is 13.2 Å². The molecule has 2 rings (SSSR count). The minimum Gasteiger partial charge on any atom is -0.496 e. The van der Waals surface area contributed by atoms with Gasteiger partial charge in [-0.2, -0.15) is 13.2 Å². The fraction of sp³-hybridized carbons (Fsp3) is 0.619. The fourth-order valence-corrected chi connectivity index (χ4v) is 3.58. The van der Waals surface area contributed by atoms with Crippen molar-refractivity contribution in [3.8, 4) is 5.75 Å². The number of methoxy groups -OCH3 is 1. The van der Waals surface area contributed by atoms with Gasteiger partial charge in [-0.1, -0.05) is 17.7 Å². The Balaban J connectivity index is 1.90. The third kappa shape index (κ3) is 6.67. The van der Waals surface area contributed by atoms with Crippen LogP contribution < -0.4 is 4.74 Å². The molecule has 0 aromatic heterocycles. The average molecular weight is 369 g/mol. The van der Waals surface area contributed by atoms with Gasteiger partial charge in [0.25, 0.3) is 0 Å². The molecule has 26 heavy (non-hydrogen) atoms. The van der Waals surface area contributed by atoms with Gasteiger partial charge < -0.3 is 9.64 Å². The van der Waals surface area contributed by atoms with Gasteiger partial charge >= 0.3 is 6.18 Å². The summed E-state index contributed by atoms with van der Waals surface area (Å²) in [5.74, 6) is 1.32. The zero-order valence-electron chi connectivity index (χ0n) is 15.9. The number of likely N-dealkylation sites (tertiary alicyclic amines) is 1. The second-order valence-corrected chi connectivity index (χ2v) is 7.36. The number of nitrogens with zero attached hydrogens (tertiary/aromatic N) is 1. The van der Waals surface area contributed by atoms with Crippen LogP contribution in [0.1, 0.15) is 56.1 Å². The molecule has 5 heteroatoms. The smallest absolute Gasteiger partial charge is 0.390 e. The Bertz CT molecular complexity index is 589. The van der Waals surface area contributed by atoms with E-state index in [4.69, 9.17) is 4.74 Å². The van der Waals surface area contributed by atoms with Gasteiger partial charge in [-0.3, -0.25) is 0 Å². The van der Waals surface area contributed by atoms with Crippen molar-refractivity contribution in [2.24, 2.45) is 0 Å². The van der Waals surface area contributed by atoms with E-state index < -0.39 is 12.6 Å². The standard InChI is InChI=1S/C21H30F3NO/c1-16(2)5-4-6-18-7-8-19(15-20(18)26-3)17-9-12-25(13-10-17)14-11-21(22,23)24/h7-8,15,17H,1,4-6,9-14H2,2-3H3. The molecule has 1 aromatic rings. The molecule has 0 aliphatic carbocycles. The van der Waals surface area contributed by atoms with Crippen LogP contribution in [0, 0.1) is 0 Å². The molecule has 0 amide bonds. The van der Waals surface area contributed by atoms with Crippen molar-refractivity contribution in [1.29, 1.82) is 0 Å². The Morgan fingerprint density at radius 1 is 1.27 bits per heavy atom. The van der Waals surface area contributed by atoms with Crippen molar-refractivity contribution in [3.63, 3.8) is 0 Å². The van der Waals surface area contributed by atoms with Crippen molar-refractivity contribution in [2.75, 3.05) is 26.7 Å².